The van der Waals surface area contributed by atoms with Crippen LogP contribution < -0.4 is 11.5 Å². The number of allylic oxidation sites excluding steroid dienone is 1. The maximum absolute atomic E-state index is 11.7. The third-order valence-electron chi connectivity index (χ3n) is 4.51. The van der Waals surface area contributed by atoms with Gasteiger partial charge in [0, 0.05) is 50.5 Å². The molecule has 0 saturated carbocycles. The molecule has 0 atom stereocenters. The number of rotatable bonds is 9. The summed E-state index contributed by atoms with van der Waals surface area (Å²) >= 11 is 1.45. The fourth-order valence-electron chi connectivity index (χ4n) is 2.98. The van der Waals surface area contributed by atoms with Crippen molar-refractivity contribution in [1.82, 2.24) is 19.5 Å². The second-order valence-corrected chi connectivity index (χ2v) is 7.81. The zero-order valence-electron chi connectivity index (χ0n) is 16.9. The summed E-state index contributed by atoms with van der Waals surface area (Å²) in [4.78, 5) is 20.5. The highest BCUT2D eigenvalue weighted by Crippen LogP contribution is 2.29. The van der Waals surface area contributed by atoms with Gasteiger partial charge in [-0.1, -0.05) is 6.07 Å². The molecule has 0 spiro atoms. The topological polar surface area (TPSA) is 139 Å². The van der Waals surface area contributed by atoms with Crippen molar-refractivity contribution in [1.29, 1.82) is 5.41 Å². The van der Waals surface area contributed by atoms with Gasteiger partial charge in [-0.25, -0.2) is 9.97 Å². The van der Waals surface area contributed by atoms with Crippen LogP contribution in [0, 0.1) is 5.41 Å². The SMILES string of the molecule is CN(CCc1cccc(N)n1)/N=C\c1c(C=O)n(C)c2nc(CC(=N)/C=C\N)sc12. The smallest absolute Gasteiger partial charge is 0.167 e. The van der Waals surface area contributed by atoms with Gasteiger partial charge in [-0.3, -0.25) is 9.80 Å². The highest BCUT2D eigenvalue weighted by atomic mass is 32.1. The van der Waals surface area contributed by atoms with E-state index in [2.05, 4.69) is 15.1 Å². The molecule has 0 fully saturated rings. The number of nitrogens with zero attached hydrogens (tertiary/aromatic N) is 5. The first-order chi connectivity index (χ1) is 14.4. The number of thiazole rings is 1. The molecule has 3 rings (SSSR count). The number of nitrogens with one attached hydrogen (secondary N) is 1. The molecule has 10 heteroatoms. The lowest BCUT2D eigenvalue weighted by Crippen LogP contribution is -2.16. The van der Waals surface area contributed by atoms with E-state index in [4.69, 9.17) is 16.9 Å². The summed E-state index contributed by atoms with van der Waals surface area (Å²) < 4.78 is 2.62. The summed E-state index contributed by atoms with van der Waals surface area (Å²) in [6.45, 7) is 0.649. The number of aromatic nitrogens is 3. The van der Waals surface area contributed by atoms with Gasteiger partial charge >= 0.3 is 0 Å². The van der Waals surface area contributed by atoms with E-state index in [0.29, 0.717) is 42.3 Å². The molecule has 3 heterocycles. The number of aryl methyl sites for hydroxylation is 1. The maximum atomic E-state index is 11.7. The van der Waals surface area contributed by atoms with E-state index in [9.17, 15) is 4.79 Å². The Balaban J connectivity index is 1.80. The minimum Gasteiger partial charge on any atom is -0.405 e. The number of hydrogen-bond acceptors (Lipinski definition) is 9. The summed E-state index contributed by atoms with van der Waals surface area (Å²) in [6, 6.07) is 5.56. The number of hydrogen-bond donors (Lipinski definition) is 3. The highest BCUT2D eigenvalue weighted by molar-refractivity contribution is 7.19. The van der Waals surface area contributed by atoms with Gasteiger partial charge in [0.15, 0.2) is 11.9 Å². The Morgan fingerprint density at radius 3 is 2.90 bits per heavy atom. The predicted octanol–water partition coefficient (Wildman–Crippen LogP) is 1.97. The van der Waals surface area contributed by atoms with Crippen LogP contribution in [0.1, 0.15) is 26.8 Å². The van der Waals surface area contributed by atoms with Gasteiger partial charge in [0.25, 0.3) is 0 Å². The zero-order valence-corrected chi connectivity index (χ0v) is 17.7. The van der Waals surface area contributed by atoms with Crippen molar-refractivity contribution in [3.8, 4) is 0 Å². The number of carbonyl (C=O) groups excluding carboxylic acids is 1. The predicted molar refractivity (Wildman–Crippen MR) is 121 cm³/mol. The second-order valence-electron chi connectivity index (χ2n) is 6.73. The summed E-state index contributed by atoms with van der Waals surface area (Å²) in [7, 11) is 3.66. The van der Waals surface area contributed by atoms with Crippen LogP contribution >= 0.6 is 11.3 Å². The maximum Gasteiger partial charge on any atom is 0.167 e. The Hall–Kier alpha value is -3.53. The normalized spacial score (nSPS) is 11.7. The van der Waals surface area contributed by atoms with Crippen molar-refractivity contribution in [3.05, 3.63) is 52.4 Å². The molecule has 3 aromatic heterocycles. The van der Waals surface area contributed by atoms with Gasteiger partial charge in [0.2, 0.25) is 0 Å². The first-order valence-corrected chi connectivity index (χ1v) is 10.1. The van der Waals surface area contributed by atoms with Crippen LogP contribution in [0.4, 0.5) is 5.82 Å². The average molecular weight is 425 g/mol. The molecule has 9 nitrogen and oxygen atoms in total. The minimum absolute atomic E-state index is 0.372. The molecule has 0 saturated heterocycles. The van der Waals surface area contributed by atoms with E-state index in [0.717, 1.165) is 27.3 Å². The van der Waals surface area contributed by atoms with E-state index in [1.807, 2.05) is 19.2 Å². The van der Waals surface area contributed by atoms with E-state index in [-0.39, 0.29) is 0 Å². The monoisotopic (exact) mass is 424 g/mol. The zero-order chi connectivity index (χ0) is 21.7. The van der Waals surface area contributed by atoms with Crippen LogP contribution in [0.3, 0.4) is 0 Å². The molecular weight excluding hydrogens is 400 g/mol. The highest BCUT2D eigenvalue weighted by Gasteiger charge is 2.18. The first kappa shape index (κ1) is 21.2. The van der Waals surface area contributed by atoms with Crippen LogP contribution in [0.2, 0.25) is 0 Å². The molecule has 5 N–H and O–H groups in total. The van der Waals surface area contributed by atoms with Gasteiger partial charge < -0.3 is 21.4 Å². The molecule has 0 amide bonds. The molecule has 3 aromatic rings. The van der Waals surface area contributed by atoms with E-state index >= 15 is 0 Å². The average Bonchev–Trinajstić information content (AvgIpc) is 3.22. The lowest BCUT2D eigenvalue weighted by atomic mass is 10.2. The van der Waals surface area contributed by atoms with Crippen molar-refractivity contribution in [3.63, 3.8) is 0 Å². The molecule has 0 aliphatic rings. The number of pyridine rings is 1. The molecular formula is C20H24N8OS. The molecule has 0 aromatic carbocycles. The van der Waals surface area contributed by atoms with E-state index in [1.54, 1.807) is 28.9 Å². The van der Waals surface area contributed by atoms with Gasteiger partial charge in [0.05, 0.1) is 16.6 Å². The molecule has 0 aliphatic carbocycles. The number of likely N-dealkylation sites (N-methyl/N-ethyl adjacent to an activating group) is 1. The number of carbonyl (C=O) groups is 1. The molecule has 0 radical (unpaired) electrons. The van der Waals surface area contributed by atoms with Crippen molar-refractivity contribution >= 4 is 45.7 Å². The van der Waals surface area contributed by atoms with Gasteiger partial charge in [-0.05, 0) is 24.4 Å². The summed E-state index contributed by atoms with van der Waals surface area (Å²) in [6.07, 6.45) is 6.46. The van der Waals surface area contributed by atoms with Gasteiger partial charge in [-0.15, -0.1) is 11.3 Å². The fourth-order valence-corrected chi connectivity index (χ4v) is 4.11. The summed E-state index contributed by atoms with van der Waals surface area (Å²) in [5.74, 6) is 0.497. The Kier molecular flexibility index (Phi) is 6.58. The number of aldehydes is 1. The third-order valence-corrected chi connectivity index (χ3v) is 5.59. The number of nitrogens with two attached hydrogens (primary N) is 2. The number of nitrogen functional groups attached to an aromatic ring is 1. The van der Waals surface area contributed by atoms with Crippen molar-refractivity contribution in [2.24, 2.45) is 17.9 Å². The van der Waals surface area contributed by atoms with E-state index < -0.39 is 0 Å². The quantitative estimate of drug-likeness (QED) is 0.273. The molecule has 156 valence electrons. The Morgan fingerprint density at radius 1 is 1.40 bits per heavy atom. The Morgan fingerprint density at radius 2 is 2.20 bits per heavy atom. The lowest BCUT2D eigenvalue weighted by molar-refractivity contribution is 0.111. The van der Waals surface area contributed by atoms with E-state index in [1.165, 1.54) is 23.6 Å². The van der Waals surface area contributed by atoms with Crippen molar-refractivity contribution in [2.75, 3.05) is 19.3 Å². The van der Waals surface area contributed by atoms with Crippen molar-refractivity contribution < 1.29 is 4.79 Å². The number of fused-ring (bicyclic) bond motifs is 1. The fraction of sp³-hybridized carbons (Fsp3) is 0.250. The largest absolute Gasteiger partial charge is 0.405 e. The second kappa shape index (κ2) is 9.31. The summed E-state index contributed by atoms with van der Waals surface area (Å²) in [5, 5.41) is 15.0. The molecule has 30 heavy (non-hydrogen) atoms. The minimum atomic E-state index is 0.372. The Bertz CT molecular complexity index is 1130. The van der Waals surface area contributed by atoms with Crippen molar-refractivity contribution in [2.45, 2.75) is 12.8 Å². The van der Waals surface area contributed by atoms with Gasteiger partial charge in [0.1, 0.15) is 10.8 Å². The number of hydrazone groups is 1. The molecule has 0 bridgehead atoms. The molecule has 0 unspecified atom stereocenters. The van der Waals surface area contributed by atoms with Crippen LogP contribution in [0.15, 0.2) is 35.6 Å². The molecule has 0 aliphatic heterocycles. The third kappa shape index (κ3) is 4.71. The number of anilines is 1. The standard InChI is InChI=1S/C20H24N8OS/c1-27(9-7-14-4-3-5-17(23)25-14)24-11-15-16(12-29)28(2)20-19(15)30-18(26-20)10-13(22)6-8-21/h3-6,8,11-12,22H,7,9-10,21H2,1-2H3,(H2,23,25)/b8-6-,22-13?,24-11-. The van der Waals surface area contributed by atoms with Gasteiger partial charge in [-0.2, -0.15) is 5.10 Å². The van der Waals surface area contributed by atoms with Crippen LogP contribution in [0.25, 0.3) is 10.3 Å². The van der Waals surface area contributed by atoms with Crippen LogP contribution in [-0.2, 0) is 19.9 Å². The lowest BCUT2D eigenvalue weighted by Gasteiger charge is -2.12. The Labute approximate surface area is 178 Å². The van der Waals surface area contributed by atoms with Crippen LogP contribution in [-0.4, -0.2) is 51.3 Å². The summed E-state index contributed by atoms with van der Waals surface area (Å²) in [5.41, 5.74) is 14.3. The first-order valence-electron chi connectivity index (χ1n) is 9.28. The van der Waals surface area contributed by atoms with Crippen LogP contribution in [0.5, 0.6) is 0 Å².